The topological polar surface area (TPSA) is 27.3 Å². The summed E-state index contributed by atoms with van der Waals surface area (Å²) < 4.78 is 0. The molecule has 0 aliphatic rings. The van der Waals surface area contributed by atoms with E-state index in [9.17, 15) is 0 Å². The van der Waals surface area contributed by atoms with Crippen LogP contribution in [0.4, 0.5) is 0 Å². The van der Waals surface area contributed by atoms with Gasteiger partial charge in [-0.15, -0.1) is 0 Å². The van der Waals surface area contributed by atoms with E-state index < -0.39 is 0 Å². The van der Waals surface area contributed by atoms with Crippen LogP contribution in [0.15, 0.2) is 37.2 Å². The first-order valence-corrected chi connectivity index (χ1v) is 6.21. The van der Waals surface area contributed by atoms with E-state index in [1.165, 1.54) is 16.7 Å². The molecule has 3 nitrogen and oxygen atoms in total. The van der Waals surface area contributed by atoms with E-state index in [4.69, 9.17) is 0 Å². The maximum atomic E-state index is 3.60. The third-order valence-corrected chi connectivity index (χ3v) is 3.08. The highest BCUT2D eigenvalue weighted by molar-refractivity contribution is 5.64. The molecule has 0 heterocycles. The zero-order valence-corrected chi connectivity index (χ0v) is 11.7. The molecule has 1 rings (SSSR count). The Morgan fingerprint density at radius 3 is 2.56 bits per heavy atom. The van der Waals surface area contributed by atoms with E-state index >= 15 is 0 Å². The predicted molar refractivity (Wildman–Crippen MR) is 78.7 cm³/mol. The summed E-state index contributed by atoms with van der Waals surface area (Å²) >= 11 is 0. The monoisotopic (exact) mass is 245 g/mol. The van der Waals surface area contributed by atoms with Gasteiger partial charge in [0.25, 0.3) is 0 Å². The lowest BCUT2D eigenvalue weighted by Gasteiger charge is -2.22. The number of hydrogen-bond acceptors (Lipinski definition) is 3. The Labute approximate surface area is 110 Å². The Bertz CT molecular complexity index is 435. The summed E-state index contributed by atoms with van der Waals surface area (Å²) in [5.74, 6) is 0. The highest BCUT2D eigenvalue weighted by Gasteiger charge is 2.06. The Balaban J connectivity index is 3.04. The van der Waals surface area contributed by atoms with Gasteiger partial charge in [0, 0.05) is 26.0 Å². The lowest BCUT2D eigenvalue weighted by molar-refractivity contribution is 0.505. The number of rotatable bonds is 6. The third kappa shape index (κ3) is 3.55. The molecular formula is C15H23N3. The first-order chi connectivity index (χ1) is 8.60. The minimum atomic E-state index is 0.953. The smallest absolute Gasteiger partial charge is 0.0615 e. The van der Waals surface area contributed by atoms with Crippen LogP contribution in [-0.2, 0) is 0 Å². The number of nitrogens with zero attached hydrogens (tertiary/aromatic N) is 1. The van der Waals surface area contributed by atoms with Crippen molar-refractivity contribution in [3.8, 4) is 0 Å². The fourth-order valence-corrected chi connectivity index (χ4v) is 1.65. The second kappa shape index (κ2) is 6.74. The molecule has 1 aromatic carbocycles. The molecule has 0 saturated heterocycles. The van der Waals surface area contributed by atoms with Crippen LogP contribution >= 0.6 is 0 Å². The SMILES string of the molecule is C=CNN/C=C(/c1ccc(C)c(C)c1)N(C)CC. The van der Waals surface area contributed by atoms with Crippen LogP contribution in [0.1, 0.15) is 23.6 Å². The van der Waals surface area contributed by atoms with Crippen molar-refractivity contribution in [2.75, 3.05) is 13.6 Å². The van der Waals surface area contributed by atoms with Crippen LogP contribution in [0.2, 0.25) is 0 Å². The van der Waals surface area contributed by atoms with Crippen LogP contribution < -0.4 is 10.9 Å². The molecule has 1 aromatic rings. The summed E-state index contributed by atoms with van der Waals surface area (Å²) in [5, 5.41) is 0. The van der Waals surface area contributed by atoms with Gasteiger partial charge in [0.15, 0.2) is 0 Å². The number of nitrogens with one attached hydrogen (secondary N) is 2. The van der Waals surface area contributed by atoms with E-state index in [0.717, 1.165) is 12.2 Å². The Hall–Kier alpha value is -1.90. The quantitative estimate of drug-likeness (QED) is 0.596. The molecule has 0 aromatic heterocycles. The summed E-state index contributed by atoms with van der Waals surface area (Å²) in [6, 6.07) is 6.52. The zero-order valence-electron chi connectivity index (χ0n) is 11.7. The average molecular weight is 245 g/mol. The van der Waals surface area contributed by atoms with Crippen molar-refractivity contribution in [1.82, 2.24) is 15.8 Å². The molecule has 0 fully saturated rings. The maximum Gasteiger partial charge on any atom is 0.0615 e. The number of hydrazine groups is 1. The molecule has 0 radical (unpaired) electrons. The number of benzene rings is 1. The van der Waals surface area contributed by atoms with E-state index in [0.29, 0.717) is 0 Å². The van der Waals surface area contributed by atoms with Crippen LogP contribution in [0.3, 0.4) is 0 Å². The van der Waals surface area contributed by atoms with Crippen molar-refractivity contribution in [1.29, 1.82) is 0 Å². The van der Waals surface area contributed by atoms with E-state index in [1.54, 1.807) is 6.20 Å². The molecule has 0 unspecified atom stereocenters. The highest BCUT2D eigenvalue weighted by atomic mass is 15.3. The van der Waals surface area contributed by atoms with E-state index in [1.807, 2.05) is 6.20 Å². The minimum absolute atomic E-state index is 0.953. The van der Waals surface area contributed by atoms with Gasteiger partial charge in [-0.2, -0.15) is 0 Å². The van der Waals surface area contributed by atoms with Crippen LogP contribution in [-0.4, -0.2) is 18.5 Å². The highest BCUT2D eigenvalue weighted by Crippen LogP contribution is 2.20. The molecule has 98 valence electrons. The molecule has 0 saturated carbocycles. The molecule has 0 amide bonds. The molecule has 0 aliphatic carbocycles. The molecule has 2 N–H and O–H groups in total. The average Bonchev–Trinajstić information content (AvgIpc) is 2.37. The van der Waals surface area contributed by atoms with Gasteiger partial charge in [-0.3, -0.25) is 0 Å². The largest absolute Gasteiger partial charge is 0.373 e. The van der Waals surface area contributed by atoms with Crippen molar-refractivity contribution in [2.24, 2.45) is 0 Å². The van der Waals surface area contributed by atoms with Gasteiger partial charge in [-0.25, -0.2) is 0 Å². The summed E-state index contributed by atoms with van der Waals surface area (Å²) in [6.07, 6.45) is 3.57. The fourth-order valence-electron chi connectivity index (χ4n) is 1.65. The summed E-state index contributed by atoms with van der Waals surface area (Å²) in [4.78, 5) is 2.20. The molecule has 0 spiro atoms. The molecule has 0 atom stereocenters. The molecular weight excluding hydrogens is 222 g/mol. The van der Waals surface area contributed by atoms with Gasteiger partial charge in [0.1, 0.15) is 0 Å². The number of aryl methyl sites for hydroxylation is 2. The van der Waals surface area contributed by atoms with Gasteiger partial charge in [0.2, 0.25) is 0 Å². The van der Waals surface area contributed by atoms with Crippen LogP contribution in [0.5, 0.6) is 0 Å². The second-order valence-corrected chi connectivity index (χ2v) is 4.34. The zero-order chi connectivity index (χ0) is 13.5. The standard InChI is InChI=1S/C15H23N3/c1-6-16-17-11-15(18(5)7-2)14-9-8-12(3)13(4)10-14/h6,8-11,16-17H,1,7H2,2-5H3/b15-11-. The minimum Gasteiger partial charge on any atom is -0.373 e. The number of hydrogen-bond donors (Lipinski definition) is 2. The predicted octanol–water partition coefficient (Wildman–Crippen LogP) is 2.79. The Morgan fingerprint density at radius 1 is 1.28 bits per heavy atom. The first-order valence-electron chi connectivity index (χ1n) is 6.21. The van der Waals surface area contributed by atoms with E-state index in [2.05, 4.69) is 68.3 Å². The molecule has 0 aliphatic heterocycles. The third-order valence-electron chi connectivity index (χ3n) is 3.08. The fraction of sp³-hybridized carbons (Fsp3) is 0.333. The van der Waals surface area contributed by atoms with Gasteiger partial charge in [0.05, 0.1) is 5.70 Å². The van der Waals surface area contributed by atoms with Gasteiger partial charge >= 0.3 is 0 Å². The normalized spacial score (nSPS) is 11.0. The molecule has 0 bridgehead atoms. The van der Waals surface area contributed by atoms with Gasteiger partial charge in [-0.1, -0.05) is 18.7 Å². The second-order valence-electron chi connectivity index (χ2n) is 4.34. The Morgan fingerprint density at radius 2 is 2.00 bits per heavy atom. The summed E-state index contributed by atoms with van der Waals surface area (Å²) in [5.41, 5.74) is 10.9. The van der Waals surface area contributed by atoms with Crippen molar-refractivity contribution < 1.29 is 0 Å². The molecule has 3 heteroatoms. The van der Waals surface area contributed by atoms with Crippen molar-refractivity contribution in [2.45, 2.75) is 20.8 Å². The molecule has 18 heavy (non-hydrogen) atoms. The first kappa shape index (κ1) is 14.2. The van der Waals surface area contributed by atoms with Crippen molar-refractivity contribution in [3.05, 3.63) is 53.9 Å². The van der Waals surface area contributed by atoms with Crippen molar-refractivity contribution >= 4 is 5.70 Å². The van der Waals surface area contributed by atoms with E-state index in [-0.39, 0.29) is 0 Å². The summed E-state index contributed by atoms with van der Waals surface area (Å²) in [7, 11) is 2.08. The van der Waals surface area contributed by atoms with Crippen molar-refractivity contribution in [3.63, 3.8) is 0 Å². The lowest BCUT2D eigenvalue weighted by atomic mass is 10.0. The lowest BCUT2D eigenvalue weighted by Crippen LogP contribution is -2.24. The van der Waals surface area contributed by atoms with Crippen LogP contribution in [0.25, 0.3) is 5.70 Å². The Kier molecular flexibility index (Phi) is 5.31. The van der Waals surface area contributed by atoms with Gasteiger partial charge < -0.3 is 15.8 Å². The maximum absolute atomic E-state index is 3.60. The van der Waals surface area contributed by atoms with Gasteiger partial charge in [-0.05, 0) is 43.5 Å². The van der Waals surface area contributed by atoms with Crippen LogP contribution in [0, 0.1) is 13.8 Å². The summed E-state index contributed by atoms with van der Waals surface area (Å²) in [6.45, 7) is 11.0.